The summed E-state index contributed by atoms with van der Waals surface area (Å²) in [6, 6.07) is 1.76. The fourth-order valence-electron chi connectivity index (χ4n) is 4.70. The van der Waals surface area contributed by atoms with Crippen LogP contribution in [-0.2, 0) is 19.2 Å². The minimum Gasteiger partial charge on any atom is -0.353 e. The van der Waals surface area contributed by atoms with E-state index < -0.39 is 41.5 Å². The van der Waals surface area contributed by atoms with Gasteiger partial charge in [-0.3, -0.25) is 24.0 Å². The Morgan fingerprint density at radius 1 is 1.16 bits per heavy atom. The lowest BCUT2D eigenvalue weighted by Crippen LogP contribution is -2.49. The molecule has 3 aliphatic rings. The number of ketones is 1. The van der Waals surface area contributed by atoms with Crippen molar-refractivity contribution in [3.8, 4) is 0 Å². The summed E-state index contributed by atoms with van der Waals surface area (Å²) in [7, 11) is 3.09. The van der Waals surface area contributed by atoms with E-state index in [0.29, 0.717) is 6.42 Å². The molecule has 6 amide bonds. The second-order valence-electron chi connectivity index (χ2n) is 10.2. The minimum atomic E-state index is -1.27. The fraction of sp³-hybridized carbons (Fsp3) is 0.520. The van der Waals surface area contributed by atoms with E-state index in [1.165, 1.54) is 35.0 Å². The van der Waals surface area contributed by atoms with Crippen LogP contribution < -0.4 is 21.3 Å². The van der Waals surface area contributed by atoms with E-state index >= 15 is 0 Å². The number of nitrogens with zero attached hydrogens (tertiary/aromatic N) is 2. The van der Waals surface area contributed by atoms with E-state index in [9.17, 15) is 28.8 Å². The Kier molecular flexibility index (Phi) is 7.91. The van der Waals surface area contributed by atoms with Gasteiger partial charge in [0.2, 0.25) is 17.6 Å². The van der Waals surface area contributed by atoms with Gasteiger partial charge in [0, 0.05) is 37.1 Å². The van der Waals surface area contributed by atoms with E-state index in [4.69, 9.17) is 11.6 Å². The number of carbonyl (C=O) groups is 6. The summed E-state index contributed by atoms with van der Waals surface area (Å²) >= 11 is 6.14. The number of carbonyl (C=O) groups excluding carboxylic acids is 6. The smallest absolute Gasteiger partial charge is 0.320 e. The summed E-state index contributed by atoms with van der Waals surface area (Å²) in [5.41, 5.74) is 0.0870. The molecule has 0 unspecified atom stereocenters. The molecule has 4 atom stereocenters. The molecule has 4 N–H and O–H groups in total. The number of urea groups is 1. The number of hydrogen-bond acceptors (Lipinski definition) is 6. The van der Waals surface area contributed by atoms with Gasteiger partial charge in [0.1, 0.15) is 6.04 Å². The average molecular weight is 547 g/mol. The second kappa shape index (κ2) is 11.0. The Balaban J connectivity index is 1.53. The summed E-state index contributed by atoms with van der Waals surface area (Å²) in [4.78, 5) is 79.1. The number of likely N-dealkylation sites (N-methyl/N-ethyl adjacent to an activating group) is 2. The molecule has 38 heavy (non-hydrogen) atoms. The van der Waals surface area contributed by atoms with Gasteiger partial charge in [-0.15, -0.1) is 0 Å². The van der Waals surface area contributed by atoms with Crippen LogP contribution in [0.4, 0.5) is 10.5 Å². The third-order valence-electron chi connectivity index (χ3n) is 7.01. The molecule has 1 aliphatic carbocycles. The number of nitrogens with one attached hydrogen (secondary N) is 4. The van der Waals surface area contributed by atoms with Crippen molar-refractivity contribution in [2.75, 3.05) is 26.0 Å². The number of amides is 6. The number of benzene rings is 1. The molecule has 204 valence electrons. The summed E-state index contributed by atoms with van der Waals surface area (Å²) < 4.78 is 0. The van der Waals surface area contributed by atoms with E-state index in [1.54, 1.807) is 7.05 Å². The van der Waals surface area contributed by atoms with Crippen LogP contribution in [0.3, 0.4) is 0 Å². The Labute approximate surface area is 224 Å². The van der Waals surface area contributed by atoms with Crippen LogP contribution in [0.5, 0.6) is 0 Å². The lowest BCUT2D eigenvalue weighted by atomic mass is 9.93. The van der Waals surface area contributed by atoms with Crippen LogP contribution in [0.1, 0.15) is 43.0 Å². The van der Waals surface area contributed by atoms with Gasteiger partial charge in [-0.2, -0.15) is 0 Å². The van der Waals surface area contributed by atoms with Crippen molar-refractivity contribution < 1.29 is 28.8 Å². The molecule has 0 radical (unpaired) electrons. The highest BCUT2D eigenvalue weighted by Crippen LogP contribution is 2.25. The van der Waals surface area contributed by atoms with Crippen molar-refractivity contribution >= 4 is 52.7 Å². The third kappa shape index (κ3) is 6.07. The molecule has 0 aromatic heterocycles. The number of halogens is 1. The van der Waals surface area contributed by atoms with Crippen LogP contribution in [0, 0.1) is 5.92 Å². The highest BCUT2D eigenvalue weighted by atomic mass is 35.5. The highest BCUT2D eigenvalue weighted by Gasteiger charge is 2.39. The largest absolute Gasteiger partial charge is 0.353 e. The molecule has 1 aromatic carbocycles. The standard InChI is InChI=1S/C25H31ClN6O6/c1-12-8-13(21(34)27-12)9-18(20(33)24(37)28-15-5-6-15)30-22(35)16-10-14(26)4-7-17(16)29-23(36)19-11-31(2)25(38)32(19)3/h4,7,10,12-13,15,18-19H,5-6,8-9,11H2,1-3H3,(H,27,34)(H,28,37)(H,29,36)(H,30,35)/t12-,13+,18+,19+/m1/s1. The summed E-state index contributed by atoms with van der Waals surface area (Å²) in [5, 5.41) is 10.9. The van der Waals surface area contributed by atoms with Crippen molar-refractivity contribution in [3.63, 3.8) is 0 Å². The van der Waals surface area contributed by atoms with E-state index in [1.807, 2.05) is 6.92 Å². The van der Waals surface area contributed by atoms with Crippen molar-refractivity contribution in [3.05, 3.63) is 28.8 Å². The van der Waals surface area contributed by atoms with Crippen molar-refractivity contribution in [1.29, 1.82) is 0 Å². The predicted octanol–water partition coefficient (Wildman–Crippen LogP) is 0.505. The first-order chi connectivity index (χ1) is 17.9. The quantitative estimate of drug-likeness (QED) is 0.330. The van der Waals surface area contributed by atoms with Gasteiger partial charge < -0.3 is 31.1 Å². The fourth-order valence-corrected chi connectivity index (χ4v) is 4.87. The first-order valence-electron chi connectivity index (χ1n) is 12.5. The maximum atomic E-state index is 13.4. The van der Waals surface area contributed by atoms with Gasteiger partial charge in [0.05, 0.1) is 23.8 Å². The maximum absolute atomic E-state index is 13.4. The first-order valence-corrected chi connectivity index (χ1v) is 12.9. The first kappa shape index (κ1) is 27.4. The number of rotatable bonds is 9. The Bertz CT molecular complexity index is 1190. The predicted molar refractivity (Wildman–Crippen MR) is 137 cm³/mol. The topological polar surface area (TPSA) is 157 Å². The van der Waals surface area contributed by atoms with Gasteiger partial charge in [-0.05, 0) is 50.8 Å². The molecule has 1 saturated carbocycles. The third-order valence-corrected chi connectivity index (χ3v) is 7.24. The molecule has 4 rings (SSSR count). The van der Waals surface area contributed by atoms with Crippen LogP contribution in [0.25, 0.3) is 0 Å². The van der Waals surface area contributed by atoms with E-state index in [0.717, 1.165) is 12.8 Å². The molecule has 2 heterocycles. The molecule has 3 fully saturated rings. The van der Waals surface area contributed by atoms with Crippen LogP contribution in [-0.4, -0.2) is 90.1 Å². The number of hydrogen-bond donors (Lipinski definition) is 4. The maximum Gasteiger partial charge on any atom is 0.320 e. The van der Waals surface area contributed by atoms with Crippen molar-refractivity contribution in [2.45, 2.75) is 56.8 Å². The lowest BCUT2D eigenvalue weighted by molar-refractivity contribution is -0.139. The second-order valence-corrected chi connectivity index (χ2v) is 10.6. The van der Waals surface area contributed by atoms with Gasteiger partial charge in [0.15, 0.2) is 0 Å². The molecule has 1 aromatic rings. The molecular weight excluding hydrogens is 516 g/mol. The Morgan fingerprint density at radius 3 is 2.45 bits per heavy atom. The molecule has 2 aliphatic heterocycles. The summed E-state index contributed by atoms with van der Waals surface area (Å²) in [6.07, 6.45) is 1.97. The minimum absolute atomic E-state index is 0.0316. The zero-order valence-corrected chi connectivity index (χ0v) is 22.1. The summed E-state index contributed by atoms with van der Waals surface area (Å²) in [6.45, 7) is 2.01. The zero-order valence-electron chi connectivity index (χ0n) is 21.4. The highest BCUT2D eigenvalue weighted by molar-refractivity contribution is 6.38. The average Bonchev–Trinajstić information content (AvgIpc) is 3.57. The molecule has 0 spiro atoms. The number of Topliss-reactive ketones (excluding diaryl/α,β-unsaturated/α-hetero) is 1. The monoisotopic (exact) mass is 546 g/mol. The van der Waals surface area contributed by atoms with Crippen LogP contribution in [0.15, 0.2) is 18.2 Å². The molecular formula is C25H31ClN6O6. The van der Waals surface area contributed by atoms with Crippen LogP contribution in [0.2, 0.25) is 5.02 Å². The zero-order chi connectivity index (χ0) is 27.7. The van der Waals surface area contributed by atoms with E-state index in [-0.39, 0.29) is 53.3 Å². The van der Waals surface area contributed by atoms with E-state index in [2.05, 4.69) is 21.3 Å². The normalized spacial score (nSPS) is 23.6. The van der Waals surface area contributed by atoms with Crippen LogP contribution >= 0.6 is 11.6 Å². The van der Waals surface area contributed by atoms with Crippen molar-refractivity contribution in [1.82, 2.24) is 25.8 Å². The lowest BCUT2D eigenvalue weighted by Gasteiger charge is -2.21. The Hall–Kier alpha value is -3.67. The summed E-state index contributed by atoms with van der Waals surface area (Å²) in [5.74, 6) is -3.72. The van der Waals surface area contributed by atoms with Gasteiger partial charge >= 0.3 is 6.03 Å². The van der Waals surface area contributed by atoms with Gasteiger partial charge in [0.25, 0.3) is 11.8 Å². The molecule has 2 saturated heterocycles. The van der Waals surface area contributed by atoms with Gasteiger partial charge in [-0.25, -0.2) is 4.79 Å². The van der Waals surface area contributed by atoms with Gasteiger partial charge in [-0.1, -0.05) is 11.6 Å². The SMILES string of the molecule is C[C@@H]1C[C@@H](C[C@H](NC(=O)c2cc(Cl)ccc2NC(=O)[C@@H]2CN(C)C(=O)N2C)C(=O)C(=O)NC2CC2)C(=O)N1. The number of anilines is 1. The van der Waals surface area contributed by atoms with Crippen molar-refractivity contribution in [2.24, 2.45) is 5.92 Å². The molecule has 13 heteroatoms. The Morgan fingerprint density at radius 2 is 1.87 bits per heavy atom. The molecule has 0 bridgehead atoms. The molecule has 12 nitrogen and oxygen atoms in total.